The predicted molar refractivity (Wildman–Crippen MR) is 91.5 cm³/mol. The third-order valence-corrected chi connectivity index (χ3v) is 2.99. The van der Waals surface area contributed by atoms with Gasteiger partial charge in [-0.1, -0.05) is 0 Å². The molecule has 0 aliphatic heterocycles. The summed E-state index contributed by atoms with van der Waals surface area (Å²) in [5.41, 5.74) is 0. The van der Waals surface area contributed by atoms with Crippen molar-refractivity contribution in [3.8, 4) is 0 Å². The molecule has 0 aromatic heterocycles. The molecule has 0 atom stereocenters. The van der Waals surface area contributed by atoms with Crippen molar-refractivity contribution >= 4 is 11.8 Å². The van der Waals surface area contributed by atoms with Crippen LogP contribution in [0.3, 0.4) is 0 Å². The van der Waals surface area contributed by atoms with Crippen LogP contribution in [0.4, 0.5) is 0 Å². The van der Waals surface area contributed by atoms with Crippen molar-refractivity contribution in [3.05, 3.63) is 0 Å². The molecule has 0 aliphatic rings. The highest BCUT2D eigenvalue weighted by Gasteiger charge is 1.98. The number of nitrogens with one attached hydrogen (secondary N) is 2. The maximum atomic E-state index is 10.9. The van der Waals surface area contributed by atoms with Crippen LogP contribution in [0.5, 0.6) is 0 Å². The zero-order valence-corrected chi connectivity index (χ0v) is 15.3. The second kappa shape index (κ2) is 19.1. The lowest BCUT2D eigenvalue weighted by Gasteiger charge is -2.08. The van der Waals surface area contributed by atoms with Gasteiger partial charge in [0.1, 0.15) is 0 Å². The minimum atomic E-state index is -0.0352. The van der Waals surface area contributed by atoms with E-state index in [0.717, 1.165) is 0 Å². The van der Waals surface area contributed by atoms with Gasteiger partial charge in [0, 0.05) is 26.9 Å². The van der Waals surface area contributed by atoms with E-state index >= 15 is 0 Å². The summed E-state index contributed by atoms with van der Waals surface area (Å²) in [5.74, 6) is -0.0704. The van der Waals surface area contributed by atoms with E-state index in [9.17, 15) is 9.59 Å². The van der Waals surface area contributed by atoms with Gasteiger partial charge in [-0.3, -0.25) is 9.59 Å². The van der Waals surface area contributed by atoms with Crippen LogP contribution in [-0.4, -0.2) is 92.0 Å². The molecule has 0 saturated carbocycles. The van der Waals surface area contributed by atoms with E-state index in [-0.39, 0.29) is 11.8 Å². The fourth-order valence-electron chi connectivity index (χ4n) is 1.56. The summed E-state index contributed by atoms with van der Waals surface area (Å²) >= 11 is 0. The van der Waals surface area contributed by atoms with Gasteiger partial charge in [0.2, 0.25) is 11.8 Å². The van der Waals surface area contributed by atoms with Crippen molar-refractivity contribution in [2.45, 2.75) is 12.8 Å². The first-order valence-corrected chi connectivity index (χ1v) is 8.50. The van der Waals surface area contributed by atoms with Crippen LogP contribution in [0.25, 0.3) is 0 Å². The van der Waals surface area contributed by atoms with Crippen molar-refractivity contribution in [1.82, 2.24) is 10.6 Å². The number of amides is 2. The van der Waals surface area contributed by atoms with Gasteiger partial charge in [0.25, 0.3) is 0 Å². The van der Waals surface area contributed by atoms with E-state index in [1.54, 1.807) is 14.1 Å². The molecule has 0 aromatic carbocycles. The van der Waals surface area contributed by atoms with Gasteiger partial charge in [0.05, 0.1) is 66.1 Å². The van der Waals surface area contributed by atoms with Gasteiger partial charge in [-0.05, 0) is 0 Å². The van der Waals surface area contributed by atoms with Crippen LogP contribution in [0.1, 0.15) is 12.8 Å². The quantitative estimate of drug-likeness (QED) is 0.311. The van der Waals surface area contributed by atoms with Gasteiger partial charge in [-0.15, -0.1) is 0 Å². The Labute approximate surface area is 149 Å². The lowest BCUT2D eigenvalue weighted by molar-refractivity contribution is -0.122. The molecule has 0 aromatic rings. The zero-order valence-electron chi connectivity index (χ0n) is 15.3. The van der Waals surface area contributed by atoms with Crippen LogP contribution < -0.4 is 10.6 Å². The molecule has 0 unspecified atom stereocenters. The highest BCUT2D eigenvalue weighted by Crippen LogP contribution is 1.86. The van der Waals surface area contributed by atoms with Crippen molar-refractivity contribution in [3.63, 3.8) is 0 Å². The normalized spacial score (nSPS) is 10.6. The second-order valence-electron chi connectivity index (χ2n) is 4.91. The Kier molecular flexibility index (Phi) is 18.1. The first-order valence-electron chi connectivity index (χ1n) is 8.50. The van der Waals surface area contributed by atoms with Crippen molar-refractivity contribution in [1.29, 1.82) is 0 Å². The first-order chi connectivity index (χ1) is 12.2. The molecule has 0 heterocycles. The molecular formula is C16H32N2O7. The van der Waals surface area contributed by atoms with Gasteiger partial charge >= 0.3 is 0 Å². The van der Waals surface area contributed by atoms with E-state index in [1.807, 2.05) is 0 Å². The molecular weight excluding hydrogens is 332 g/mol. The molecule has 0 fully saturated rings. The average molecular weight is 364 g/mol. The second-order valence-corrected chi connectivity index (χ2v) is 4.91. The average Bonchev–Trinajstić information content (AvgIpc) is 2.63. The Balaban J connectivity index is 3.05. The van der Waals surface area contributed by atoms with Gasteiger partial charge in [-0.2, -0.15) is 0 Å². The Morgan fingerprint density at radius 1 is 0.520 bits per heavy atom. The number of carbonyl (C=O) groups is 2. The molecule has 2 N–H and O–H groups in total. The van der Waals surface area contributed by atoms with E-state index < -0.39 is 0 Å². The number of hydrogen-bond donors (Lipinski definition) is 2. The summed E-state index contributed by atoms with van der Waals surface area (Å²) in [6, 6.07) is 0. The van der Waals surface area contributed by atoms with Gasteiger partial charge in [-0.25, -0.2) is 0 Å². The smallest absolute Gasteiger partial charge is 0.222 e. The van der Waals surface area contributed by atoms with Crippen molar-refractivity contribution < 1.29 is 33.3 Å². The molecule has 0 saturated heterocycles. The minimum absolute atomic E-state index is 0.0352. The molecule has 148 valence electrons. The maximum Gasteiger partial charge on any atom is 0.222 e. The molecule has 0 spiro atoms. The monoisotopic (exact) mass is 364 g/mol. The predicted octanol–water partition coefficient (Wildman–Crippen LogP) is -0.658. The summed E-state index contributed by atoms with van der Waals surface area (Å²) in [6.45, 7) is 4.61. The third-order valence-electron chi connectivity index (χ3n) is 2.99. The zero-order chi connectivity index (χ0) is 18.6. The largest absolute Gasteiger partial charge is 0.379 e. The summed E-state index contributed by atoms with van der Waals surface area (Å²) in [5, 5.41) is 5.05. The topological polar surface area (TPSA) is 104 Å². The van der Waals surface area contributed by atoms with Gasteiger partial charge < -0.3 is 34.3 Å². The lowest BCUT2D eigenvalue weighted by Crippen LogP contribution is -2.20. The number of carbonyl (C=O) groups excluding carboxylic acids is 2. The molecule has 9 nitrogen and oxygen atoms in total. The van der Waals surface area contributed by atoms with Crippen LogP contribution in [-0.2, 0) is 33.3 Å². The Bertz CT molecular complexity index is 300. The SMILES string of the molecule is CNC(=O)CCOCCOCCOCCOCCOCCC(=O)NC. The Morgan fingerprint density at radius 3 is 1.00 bits per heavy atom. The van der Waals surface area contributed by atoms with Gasteiger partial charge in [0.15, 0.2) is 0 Å². The van der Waals surface area contributed by atoms with E-state index in [0.29, 0.717) is 78.9 Å². The summed E-state index contributed by atoms with van der Waals surface area (Å²) in [4.78, 5) is 21.8. The van der Waals surface area contributed by atoms with Crippen molar-refractivity contribution in [2.24, 2.45) is 0 Å². The maximum absolute atomic E-state index is 10.9. The molecule has 0 rings (SSSR count). The van der Waals surface area contributed by atoms with E-state index in [4.69, 9.17) is 23.7 Å². The number of ether oxygens (including phenoxy) is 5. The molecule has 25 heavy (non-hydrogen) atoms. The Hall–Kier alpha value is -1.26. The van der Waals surface area contributed by atoms with Crippen LogP contribution in [0, 0.1) is 0 Å². The molecule has 0 bridgehead atoms. The van der Waals surface area contributed by atoms with Crippen LogP contribution in [0.15, 0.2) is 0 Å². The highest BCUT2D eigenvalue weighted by atomic mass is 16.6. The van der Waals surface area contributed by atoms with E-state index in [2.05, 4.69) is 10.6 Å². The first kappa shape index (κ1) is 23.7. The summed E-state index contributed by atoms with van der Waals surface area (Å²) in [7, 11) is 3.19. The minimum Gasteiger partial charge on any atom is -0.379 e. The van der Waals surface area contributed by atoms with E-state index in [1.165, 1.54) is 0 Å². The van der Waals surface area contributed by atoms with Crippen molar-refractivity contribution in [2.75, 3.05) is 80.2 Å². The highest BCUT2D eigenvalue weighted by molar-refractivity contribution is 5.75. The molecule has 0 radical (unpaired) electrons. The van der Waals surface area contributed by atoms with Crippen LogP contribution in [0.2, 0.25) is 0 Å². The summed E-state index contributed by atoms with van der Waals surface area (Å²) < 4.78 is 26.5. The molecule has 2 amide bonds. The number of rotatable bonds is 18. The molecule has 0 aliphatic carbocycles. The number of hydrogen-bond acceptors (Lipinski definition) is 7. The molecule has 9 heteroatoms. The summed E-state index contributed by atoms with van der Waals surface area (Å²) in [6.07, 6.45) is 0.720. The lowest BCUT2D eigenvalue weighted by atomic mass is 10.4. The standard InChI is InChI=1S/C16H32N2O7/c1-17-15(19)3-5-21-7-9-23-11-13-25-14-12-24-10-8-22-6-4-16(20)18-2/h3-14H2,1-2H3,(H,17,19)(H,18,20). The third kappa shape index (κ3) is 18.9. The fraction of sp³-hybridized carbons (Fsp3) is 0.875. The fourth-order valence-corrected chi connectivity index (χ4v) is 1.56. The van der Waals surface area contributed by atoms with Crippen LogP contribution >= 0.6 is 0 Å². The Morgan fingerprint density at radius 2 is 0.760 bits per heavy atom.